The van der Waals surface area contributed by atoms with Crippen molar-refractivity contribution in [1.82, 2.24) is 4.90 Å². The molecule has 0 saturated heterocycles. The van der Waals surface area contributed by atoms with Gasteiger partial charge in [-0.25, -0.2) is 4.99 Å². The second-order valence-electron chi connectivity index (χ2n) is 7.71. The van der Waals surface area contributed by atoms with Crippen molar-refractivity contribution >= 4 is 41.8 Å². The van der Waals surface area contributed by atoms with Crippen LogP contribution in [0.3, 0.4) is 0 Å². The first kappa shape index (κ1) is 18.4. The first-order valence-corrected chi connectivity index (χ1v) is 9.07. The number of hydrogen-bond acceptors (Lipinski definition) is 3. The van der Waals surface area contributed by atoms with Crippen molar-refractivity contribution in [1.29, 1.82) is 0 Å². The predicted molar refractivity (Wildman–Crippen MR) is 111 cm³/mol. The van der Waals surface area contributed by atoms with Crippen LogP contribution >= 0.6 is 0 Å². The van der Waals surface area contributed by atoms with Gasteiger partial charge in [-0.05, 0) is 62.3 Å². The van der Waals surface area contributed by atoms with Crippen molar-refractivity contribution in [3.05, 3.63) is 59.5 Å². The highest BCUT2D eigenvalue weighted by Gasteiger charge is 2.33. The number of aliphatic imine (C=N–C) groups is 1. The van der Waals surface area contributed by atoms with Gasteiger partial charge in [0, 0.05) is 30.0 Å². The average molecular weight is 379 g/mol. The molecule has 7 heteroatoms. The molecule has 0 unspecified atom stereocenters. The molecule has 28 heavy (non-hydrogen) atoms. The van der Waals surface area contributed by atoms with Crippen LogP contribution < -0.4 is 10.4 Å². The highest BCUT2D eigenvalue weighted by molar-refractivity contribution is 6.61. The van der Waals surface area contributed by atoms with Crippen molar-refractivity contribution in [3.8, 4) is 0 Å². The molecule has 3 heterocycles. The van der Waals surface area contributed by atoms with Crippen LogP contribution in [0.1, 0.15) is 31.9 Å². The van der Waals surface area contributed by atoms with Crippen molar-refractivity contribution in [2.75, 3.05) is 11.9 Å². The van der Waals surface area contributed by atoms with Gasteiger partial charge in [0.05, 0.1) is 5.54 Å². The van der Waals surface area contributed by atoms with Gasteiger partial charge in [-0.1, -0.05) is 12.2 Å². The van der Waals surface area contributed by atoms with Gasteiger partial charge in [0.1, 0.15) is 11.5 Å². The molecule has 4 nitrogen and oxygen atoms in total. The molecular formula is C21H20BF2N3O. The van der Waals surface area contributed by atoms with Crippen LogP contribution in [-0.4, -0.2) is 36.5 Å². The molecule has 142 valence electrons. The van der Waals surface area contributed by atoms with E-state index in [1.807, 2.05) is 32.7 Å². The molecule has 0 aliphatic carbocycles. The van der Waals surface area contributed by atoms with Gasteiger partial charge in [-0.3, -0.25) is 18.3 Å². The first-order chi connectivity index (χ1) is 13.2. The Hall–Kier alpha value is -2.96. The van der Waals surface area contributed by atoms with Crippen molar-refractivity contribution in [2.45, 2.75) is 26.3 Å². The topological polar surface area (TPSA) is 35.9 Å². The number of anilines is 1. The van der Waals surface area contributed by atoms with Crippen molar-refractivity contribution in [2.24, 2.45) is 4.99 Å². The van der Waals surface area contributed by atoms with Crippen molar-refractivity contribution < 1.29 is 13.4 Å². The minimum Gasteiger partial charge on any atom is -0.366 e. The van der Waals surface area contributed by atoms with Gasteiger partial charge >= 0.3 is 7.27 Å². The van der Waals surface area contributed by atoms with E-state index in [9.17, 15) is 13.4 Å². The number of halogens is 2. The molecule has 0 bridgehead atoms. The maximum Gasteiger partial charge on any atom is 0.572 e. The fourth-order valence-electron chi connectivity index (χ4n) is 3.78. The number of benzene rings is 1. The lowest BCUT2D eigenvalue weighted by Crippen LogP contribution is -2.43. The van der Waals surface area contributed by atoms with E-state index in [-0.39, 0.29) is 22.6 Å². The lowest BCUT2D eigenvalue weighted by atomic mass is 9.78. The summed E-state index contributed by atoms with van der Waals surface area (Å²) in [5.74, 6) is 0.173. The minimum atomic E-state index is -2.66. The number of fused-ring (bicyclic) bond motifs is 2. The third-order valence-electron chi connectivity index (χ3n) is 5.46. The molecule has 3 aliphatic rings. The monoisotopic (exact) mass is 379 g/mol. The third kappa shape index (κ3) is 2.82. The number of nitrogens with zero attached hydrogens (tertiary/aromatic N) is 3. The van der Waals surface area contributed by atoms with Gasteiger partial charge in [0.2, 0.25) is 0 Å². The smallest absolute Gasteiger partial charge is 0.366 e. The summed E-state index contributed by atoms with van der Waals surface area (Å²) >= 11 is 0. The Morgan fingerprint density at radius 3 is 2.64 bits per heavy atom. The molecule has 0 atom stereocenters. The number of hydrogen-bond donors (Lipinski definition) is 0. The Balaban J connectivity index is 1.86. The largest absolute Gasteiger partial charge is 0.572 e. The SMILES string of the molecule is CC1=CC(C)(C)N(C)c2cc(B(F)F)c(/C=C3/N=C4C=CC=CN4C3=O)cc21. The number of carbonyl (C=O) groups excluding carboxylic acids is 1. The van der Waals surface area contributed by atoms with E-state index < -0.39 is 7.27 Å². The quantitative estimate of drug-likeness (QED) is 0.581. The predicted octanol–water partition coefficient (Wildman–Crippen LogP) is 3.62. The van der Waals surface area contributed by atoms with Gasteiger partial charge in [0.15, 0.2) is 0 Å². The standard InChI is InChI=1S/C21H20BF2N3O/c1-13-12-21(2,3)26(4)18-11-16(22(23)24)14(9-15(13)18)10-17-20(28)27-8-6-5-7-19(27)25-17/h5-12H,1-4H3/b17-10+. The zero-order chi connectivity index (χ0) is 20.2. The number of amides is 1. The molecule has 3 aliphatic heterocycles. The summed E-state index contributed by atoms with van der Waals surface area (Å²) in [6.07, 6.45) is 10.4. The first-order valence-electron chi connectivity index (χ1n) is 9.07. The Bertz CT molecular complexity index is 1030. The van der Waals surface area contributed by atoms with E-state index >= 15 is 0 Å². The van der Waals surface area contributed by atoms with E-state index in [2.05, 4.69) is 11.1 Å². The zero-order valence-electron chi connectivity index (χ0n) is 16.2. The third-order valence-corrected chi connectivity index (χ3v) is 5.46. The number of carbonyl (C=O) groups is 1. The molecule has 0 spiro atoms. The van der Waals surface area contributed by atoms with Crippen LogP contribution in [0.5, 0.6) is 0 Å². The van der Waals surface area contributed by atoms with Crippen LogP contribution in [0.15, 0.2) is 53.3 Å². The number of likely N-dealkylation sites (N-methyl/N-ethyl adjacent to an activating group) is 1. The van der Waals surface area contributed by atoms with Crippen LogP contribution in [0.25, 0.3) is 11.6 Å². The van der Waals surface area contributed by atoms with Crippen LogP contribution in [0, 0.1) is 0 Å². The molecule has 1 amide bonds. The van der Waals surface area contributed by atoms with Crippen LogP contribution in [-0.2, 0) is 4.79 Å². The van der Waals surface area contributed by atoms with Crippen LogP contribution in [0.2, 0.25) is 0 Å². The zero-order valence-corrected chi connectivity index (χ0v) is 16.2. The molecule has 0 saturated carbocycles. The minimum absolute atomic E-state index is 0.104. The Kier molecular flexibility index (Phi) is 4.14. The van der Waals surface area contributed by atoms with E-state index in [0.717, 1.165) is 16.8 Å². The molecule has 0 aromatic heterocycles. The highest BCUT2D eigenvalue weighted by atomic mass is 19.2. The van der Waals surface area contributed by atoms with E-state index in [1.165, 1.54) is 17.0 Å². The number of rotatable bonds is 2. The Morgan fingerprint density at radius 1 is 1.21 bits per heavy atom. The Labute approximate surface area is 163 Å². The fourth-order valence-corrected chi connectivity index (χ4v) is 3.78. The maximum absolute atomic E-state index is 13.9. The summed E-state index contributed by atoms with van der Waals surface area (Å²) in [5, 5.41) is 0. The van der Waals surface area contributed by atoms with Gasteiger partial charge in [0.25, 0.3) is 5.91 Å². The lowest BCUT2D eigenvalue weighted by Gasteiger charge is -2.41. The highest BCUT2D eigenvalue weighted by Crippen LogP contribution is 2.38. The number of amidine groups is 1. The van der Waals surface area contributed by atoms with E-state index in [0.29, 0.717) is 11.4 Å². The molecule has 0 radical (unpaired) electrons. The molecule has 0 N–H and O–H groups in total. The summed E-state index contributed by atoms with van der Waals surface area (Å²) in [4.78, 5) is 20.3. The fraction of sp³-hybridized carbons (Fsp3) is 0.238. The number of allylic oxidation sites excluding steroid dienone is 3. The summed E-state index contributed by atoms with van der Waals surface area (Å²) < 4.78 is 27.7. The van der Waals surface area contributed by atoms with E-state index in [1.54, 1.807) is 30.5 Å². The second kappa shape index (κ2) is 6.29. The maximum atomic E-state index is 13.9. The Morgan fingerprint density at radius 2 is 1.96 bits per heavy atom. The molecule has 1 aromatic carbocycles. The summed E-state index contributed by atoms with van der Waals surface area (Å²) in [7, 11) is -0.760. The summed E-state index contributed by atoms with van der Waals surface area (Å²) in [6, 6.07) is 3.27. The van der Waals surface area contributed by atoms with Crippen molar-refractivity contribution in [3.63, 3.8) is 0 Å². The van der Waals surface area contributed by atoms with Gasteiger partial charge in [-0.15, -0.1) is 0 Å². The average Bonchev–Trinajstić information content (AvgIpc) is 2.95. The van der Waals surface area contributed by atoms with Gasteiger partial charge in [-0.2, -0.15) is 0 Å². The normalized spacial score (nSPS) is 20.9. The van der Waals surface area contributed by atoms with Crippen LogP contribution in [0.4, 0.5) is 14.3 Å². The molecule has 1 aromatic rings. The van der Waals surface area contributed by atoms with E-state index in [4.69, 9.17) is 0 Å². The van der Waals surface area contributed by atoms with Gasteiger partial charge < -0.3 is 4.90 Å². The molecular weight excluding hydrogens is 359 g/mol. The molecule has 4 rings (SSSR count). The summed E-state index contributed by atoms with van der Waals surface area (Å²) in [5.41, 5.74) is 2.75. The molecule has 0 fully saturated rings. The summed E-state index contributed by atoms with van der Waals surface area (Å²) in [6.45, 7) is 6.06. The lowest BCUT2D eigenvalue weighted by molar-refractivity contribution is -0.120. The second-order valence-corrected chi connectivity index (χ2v) is 7.71.